The summed E-state index contributed by atoms with van der Waals surface area (Å²) in [7, 11) is 0. The van der Waals surface area contributed by atoms with Crippen molar-refractivity contribution in [1.29, 1.82) is 0 Å². The standard InChI is InChI=1S/C20H20ClN5O.C2H6/c21-17-4-2-1-3-16(17)18-13-23-20(24-18)25-19(27)14-5-7-15(8-6-14)26-11-9-22-10-12-26;1-2/h1-8,13,22H,9-12H2,(H2,23,24,25,27);1-2H3. The molecule has 1 aliphatic rings. The first-order valence-electron chi connectivity index (χ1n) is 9.88. The zero-order valence-corrected chi connectivity index (χ0v) is 17.5. The molecule has 0 spiro atoms. The van der Waals surface area contributed by atoms with Gasteiger partial charge in [0.05, 0.1) is 11.9 Å². The number of nitrogens with zero attached hydrogens (tertiary/aromatic N) is 2. The number of rotatable bonds is 4. The van der Waals surface area contributed by atoms with Crippen molar-refractivity contribution in [3.05, 3.63) is 65.3 Å². The van der Waals surface area contributed by atoms with Crippen LogP contribution < -0.4 is 15.5 Å². The fourth-order valence-corrected chi connectivity index (χ4v) is 3.37. The molecule has 2 heterocycles. The van der Waals surface area contributed by atoms with Gasteiger partial charge in [0.2, 0.25) is 5.95 Å². The molecule has 3 aromatic rings. The van der Waals surface area contributed by atoms with E-state index < -0.39 is 0 Å². The Kier molecular flexibility index (Phi) is 7.27. The average molecular weight is 412 g/mol. The molecule has 1 amide bonds. The van der Waals surface area contributed by atoms with Crippen LogP contribution in [0.5, 0.6) is 0 Å². The number of benzene rings is 2. The first-order chi connectivity index (χ1) is 14.2. The number of aromatic nitrogens is 2. The summed E-state index contributed by atoms with van der Waals surface area (Å²) >= 11 is 6.21. The second-order valence-corrected chi connectivity index (χ2v) is 6.77. The Bertz CT molecular complexity index is 932. The minimum atomic E-state index is -0.207. The van der Waals surface area contributed by atoms with E-state index in [4.69, 9.17) is 11.6 Å². The minimum absolute atomic E-state index is 0.207. The van der Waals surface area contributed by atoms with Crippen molar-refractivity contribution in [3.8, 4) is 11.3 Å². The maximum absolute atomic E-state index is 12.5. The molecule has 0 aliphatic carbocycles. The zero-order valence-electron chi connectivity index (χ0n) is 16.7. The molecule has 7 heteroatoms. The van der Waals surface area contributed by atoms with E-state index in [1.165, 1.54) is 0 Å². The molecule has 1 fully saturated rings. The van der Waals surface area contributed by atoms with Crippen molar-refractivity contribution in [2.75, 3.05) is 36.4 Å². The van der Waals surface area contributed by atoms with Gasteiger partial charge < -0.3 is 15.2 Å². The molecule has 0 bridgehead atoms. The molecule has 2 aromatic carbocycles. The summed E-state index contributed by atoms with van der Waals surface area (Å²) in [6, 6.07) is 15.1. The Balaban J connectivity index is 0.00000117. The quantitative estimate of drug-likeness (QED) is 0.594. The summed E-state index contributed by atoms with van der Waals surface area (Å²) < 4.78 is 0. The Morgan fingerprint density at radius 2 is 1.76 bits per heavy atom. The highest BCUT2D eigenvalue weighted by molar-refractivity contribution is 6.33. The number of carbonyl (C=O) groups excluding carboxylic acids is 1. The van der Waals surface area contributed by atoms with Crippen LogP contribution in [0, 0.1) is 0 Å². The highest BCUT2D eigenvalue weighted by Gasteiger charge is 2.13. The number of amides is 1. The molecule has 1 saturated heterocycles. The molecule has 4 rings (SSSR count). The van der Waals surface area contributed by atoms with Gasteiger partial charge in [0, 0.05) is 48.0 Å². The van der Waals surface area contributed by atoms with Crippen LogP contribution in [0.3, 0.4) is 0 Å². The third-order valence-electron chi connectivity index (χ3n) is 4.58. The molecule has 0 saturated carbocycles. The Hall–Kier alpha value is -2.83. The lowest BCUT2D eigenvalue weighted by Gasteiger charge is -2.29. The van der Waals surface area contributed by atoms with E-state index in [-0.39, 0.29) is 5.91 Å². The van der Waals surface area contributed by atoms with Gasteiger partial charge in [-0.2, -0.15) is 0 Å². The van der Waals surface area contributed by atoms with Crippen LogP contribution in [-0.2, 0) is 0 Å². The molecular weight excluding hydrogens is 386 g/mol. The third kappa shape index (κ3) is 5.16. The Morgan fingerprint density at radius 1 is 1.07 bits per heavy atom. The third-order valence-corrected chi connectivity index (χ3v) is 4.91. The van der Waals surface area contributed by atoms with E-state index in [9.17, 15) is 4.79 Å². The normalized spacial score (nSPS) is 13.4. The smallest absolute Gasteiger partial charge is 0.257 e. The second-order valence-electron chi connectivity index (χ2n) is 6.36. The van der Waals surface area contributed by atoms with E-state index in [1.54, 1.807) is 6.20 Å². The predicted octanol–water partition coefficient (Wildman–Crippen LogP) is 4.42. The zero-order chi connectivity index (χ0) is 20.6. The van der Waals surface area contributed by atoms with Gasteiger partial charge in [0.25, 0.3) is 5.91 Å². The second kappa shape index (κ2) is 10.1. The van der Waals surface area contributed by atoms with Crippen LogP contribution in [0.25, 0.3) is 11.3 Å². The molecule has 152 valence electrons. The van der Waals surface area contributed by atoms with E-state index >= 15 is 0 Å². The van der Waals surface area contributed by atoms with E-state index in [2.05, 4.69) is 25.5 Å². The van der Waals surface area contributed by atoms with Gasteiger partial charge >= 0.3 is 0 Å². The van der Waals surface area contributed by atoms with Crippen LogP contribution in [0.2, 0.25) is 5.02 Å². The summed E-state index contributed by atoms with van der Waals surface area (Å²) in [5, 5.41) is 6.76. The monoisotopic (exact) mass is 411 g/mol. The maximum Gasteiger partial charge on any atom is 0.257 e. The number of anilines is 2. The van der Waals surface area contributed by atoms with Crippen LogP contribution in [0.4, 0.5) is 11.6 Å². The lowest BCUT2D eigenvalue weighted by Crippen LogP contribution is -2.43. The average Bonchev–Trinajstić information content (AvgIpc) is 3.24. The summed E-state index contributed by atoms with van der Waals surface area (Å²) in [6.07, 6.45) is 1.66. The molecule has 0 radical (unpaired) electrons. The van der Waals surface area contributed by atoms with Gasteiger partial charge in [0.1, 0.15) is 0 Å². The number of aromatic amines is 1. The molecule has 1 aromatic heterocycles. The van der Waals surface area contributed by atoms with Crippen LogP contribution in [0.1, 0.15) is 24.2 Å². The van der Waals surface area contributed by atoms with Gasteiger partial charge in [-0.3, -0.25) is 10.1 Å². The molecule has 0 unspecified atom stereocenters. The molecule has 29 heavy (non-hydrogen) atoms. The fourth-order valence-electron chi connectivity index (χ4n) is 3.13. The largest absolute Gasteiger partial charge is 0.369 e. The van der Waals surface area contributed by atoms with Crippen molar-refractivity contribution < 1.29 is 4.79 Å². The van der Waals surface area contributed by atoms with Crippen molar-refractivity contribution >= 4 is 29.1 Å². The lowest BCUT2D eigenvalue weighted by atomic mass is 10.1. The van der Waals surface area contributed by atoms with Crippen molar-refractivity contribution in [1.82, 2.24) is 15.3 Å². The number of hydrogen-bond acceptors (Lipinski definition) is 4. The Labute approximate surface area is 176 Å². The predicted molar refractivity (Wildman–Crippen MR) is 120 cm³/mol. The fraction of sp³-hybridized carbons (Fsp3) is 0.273. The molecule has 3 N–H and O–H groups in total. The number of carbonyl (C=O) groups is 1. The number of hydrogen-bond donors (Lipinski definition) is 3. The highest BCUT2D eigenvalue weighted by atomic mass is 35.5. The SMILES string of the molecule is CC.O=C(Nc1ncc(-c2ccccc2Cl)[nH]1)c1ccc(N2CCNCC2)cc1. The van der Waals surface area contributed by atoms with Crippen LogP contribution >= 0.6 is 11.6 Å². The minimum Gasteiger partial charge on any atom is -0.369 e. The molecule has 6 nitrogen and oxygen atoms in total. The summed E-state index contributed by atoms with van der Waals surface area (Å²) in [6.45, 7) is 7.91. The molecule has 1 aliphatic heterocycles. The van der Waals surface area contributed by atoms with E-state index in [0.29, 0.717) is 16.5 Å². The first kappa shape index (κ1) is 20.9. The van der Waals surface area contributed by atoms with E-state index in [1.807, 2.05) is 62.4 Å². The summed E-state index contributed by atoms with van der Waals surface area (Å²) in [4.78, 5) is 22.1. The number of nitrogens with one attached hydrogen (secondary N) is 3. The van der Waals surface area contributed by atoms with E-state index in [0.717, 1.165) is 43.1 Å². The molecular formula is C22H26ClN5O. The highest BCUT2D eigenvalue weighted by Crippen LogP contribution is 2.26. The number of imidazole rings is 1. The van der Waals surface area contributed by atoms with Crippen LogP contribution in [0.15, 0.2) is 54.7 Å². The molecule has 0 atom stereocenters. The van der Waals surface area contributed by atoms with Crippen molar-refractivity contribution in [3.63, 3.8) is 0 Å². The number of H-pyrrole nitrogens is 1. The number of piperazine rings is 1. The van der Waals surface area contributed by atoms with Gasteiger partial charge in [-0.05, 0) is 30.3 Å². The van der Waals surface area contributed by atoms with Gasteiger partial charge in [0.15, 0.2) is 0 Å². The first-order valence-corrected chi connectivity index (χ1v) is 10.3. The Morgan fingerprint density at radius 3 is 2.45 bits per heavy atom. The summed E-state index contributed by atoms with van der Waals surface area (Å²) in [5.41, 5.74) is 3.31. The maximum atomic E-state index is 12.5. The van der Waals surface area contributed by atoms with Gasteiger partial charge in [-0.25, -0.2) is 4.98 Å². The topological polar surface area (TPSA) is 73.0 Å². The van der Waals surface area contributed by atoms with Crippen LogP contribution in [-0.4, -0.2) is 42.1 Å². The van der Waals surface area contributed by atoms with Gasteiger partial charge in [-0.15, -0.1) is 0 Å². The number of halogens is 1. The summed E-state index contributed by atoms with van der Waals surface area (Å²) in [5.74, 6) is 0.183. The van der Waals surface area contributed by atoms with Crippen molar-refractivity contribution in [2.45, 2.75) is 13.8 Å². The lowest BCUT2D eigenvalue weighted by molar-refractivity contribution is 0.102. The van der Waals surface area contributed by atoms with Gasteiger partial charge in [-0.1, -0.05) is 43.6 Å². The van der Waals surface area contributed by atoms with Crippen molar-refractivity contribution in [2.24, 2.45) is 0 Å².